The second kappa shape index (κ2) is 6.51. The lowest BCUT2D eigenvalue weighted by Crippen LogP contribution is -2.64. The van der Waals surface area contributed by atoms with Crippen molar-refractivity contribution in [1.29, 1.82) is 0 Å². The zero-order valence-corrected chi connectivity index (χ0v) is 9.89. The molecule has 0 aromatic carbocycles. The molecule has 1 radical (unpaired) electrons. The van der Waals surface area contributed by atoms with Crippen LogP contribution in [0.4, 0.5) is 0 Å². The van der Waals surface area contributed by atoms with Crippen molar-refractivity contribution in [3.8, 4) is 0 Å². The van der Waals surface area contributed by atoms with Crippen molar-refractivity contribution in [2.24, 2.45) is 0 Å². The van der Waals surface area contributed by atoms with Crippen molar-refractivity contribution in [1.82, 2.24) is 26.6 Å². The Morgan fingerprint density at radius 2 is 1.81 bits per heavy atom. The van der Waals surface area contributed by atoms with Crippen LogP contribution in [-0.2, 0) is 0 Å². The summed E-state index contributed by atoms with van der Waals surface area (Å²) in [5.41, 5.74) is 0. The van der Waals surface area contributed by atoms with Crippen LogP contribution in [0.15, 0.2) is 0 Å². The van der Waals surface area contributed by atoms with Gasteiger partial charge in [-0.2, -0.15) is 0 Å². The fourth-order valence-corrected chi connectivity index (χ4v) is 2.39. The van der Waals surface area contributed by atoms with Gasteiger partial charge in [-0.3, -0.25) is 10.6 Å². The predicted molar refractivity (Wildman–Crippen MR) is 66.2 cm³/mol. The standard InChI is InChI=1S/C11H24N5/c1-2-9(10-7-12-3-5-14-10)16-11-8-13-4-6-15-11/h9-16H,1-8H2. The summed E-state index contributed by atoms with van der Waals surface area (Å²) < 4.78 is 0. The minimum absolute atomic E-state index is 0.379. The van der Waals surface area contributed by atoms with E-state index in [-0.39, 0.29) is 0 Å². The maximum absolute atomic E-state index is 4.05. The molecule has 0 bridgehead atoms. The van der Waals surface area contributed by atoms with Gasteiger partial charge in [-0.25, -0.2) is 0 Å². The second-order valence-electron chi connectivity index (χ2n) is 4.54. The quantitative estimate of drug-likeness (QED) is 0.394. The Morgan fingerprint density at radius 1 is 1.06 bits per heavy atom. The molecule has 5 heteroatoms. The summed E-state index contributed by atoms with van der Waals surface area (Å²) in [5.74, 6) is 0. The van der Waals surface area contributed by atoms with Crippen molar-refractivity contribution < 1.29 is 0 Å². The van der Waals surface area contributed by atoms with E-state index in [0.717, 1.165) is 45.7 Å². The van der Waals surface area contributed by atoms with E-state index in [0.29, 0.717) is 18.2 Å². The van der Waals surface area contributed by atoms with Gasteiger partial charge in [0.1, 0.15) is 0 Å². The zero-order chi connectivity index (χ0) is 11.2. The summed E-state index contributed by atoms with van der Waals surface area (Å²) >= 11 is 0. The number of hydrogen-bond acceptors (Lipinski definition) is 5. The lowest BCUT2D eigenvalue weighted by molar-refractivity contribution is 0.265. The van der Waals surface area contributed by atoms with Gasteiger partial charge in [0.25, 0.3) is 0 Å². The lowest BCUT2D eigenvalue weighted by atomic mass is 10.0. The van der Waals surface area contributed by atoms with E-state index in [1.807, 2.05) is 0 Å². The van der Waals surface area contributed by atoms with Gasteiger partial charge in [-0.15, -0.1) is 0 Å². The first kappa shape index (κ1) is 12.3. The average molecular weight is 226 g/mol. The Labute approximate surface area is 98.1 Å². The van der Waals surface area contributed by atoms with Gasteiger partial charge in [0.2, 0.25) is 0 Å². The summed E-state index contributed by atoms with van der Waals surface area (Å²) in [6.07, 6.45) is 1.29. The molecule has 5 N–H and O–H groups in total. The summed E-state index contributed by atoms with van der Waals surface area (Å²) in [4.78, 5) is 0. The highest BCUT2D eigenvalue weighted by Gasteiger charge is 2.24. The van der Waals surface area contributed by atoms with Crippen LogP contribution in [0.1, 0.15) is 6.42 Å². The molecule has 0 saturated carbocycles. The van der Waals surface area contributed by atoms with Crippen LogP contribution >= 0.6 is 0 Å². The van der Waals surface area contributed by atoms with Gasteiger partial charge in [0.15, 0.2) is 0 Å². The SMILES string of the molecule is [CH2]CC(NC1CNCCN1)C1CNCCN1. The minimum Gasteiger partial charge on any atom is -0.314 e. The fourth-order valence-electron chi connectivity index (χ4n) is 2.39. The van der Waals surface area contributed by atoms with E-state index in [9.17, 15) is 0 Å². The van der Waals surface area contributed by atoms with Crippen LogP contribution in [0, 0.1) is 6.92 Å². The van der Waals surface area contributed by atoms with Gasteiger partial charge < -0.3 is 16.0 Å². The molecule has 0 aromatic heterocycles. The molecule has 3 unspecified atom stereocenters. The normalized spacial score (nSPS) is 33.6. The van der Waals surface area contributed by atoms with E-state index >= 15 is 0 Å². The summed E-state index contributed by atoms with van der Waals surface area (Å²) in [6, 6.07) is 0.931. The highest BCUT2D eigenvalue weighted by Crippen LogP contribution is 2.02. The molecule has 0 amide bonds. The Morgan fingerprint density at radius 3 is 2.38 bits per heavy atom. The molecule has 2 heterocycles. The topological polar surface area (TPSA) is 60.1 Å². The highest BCUT2D eigenvalue weighted by atomic mass is 15.2. The molecule has 2 fully saturated rings. The van der Waals surface area contributed by atoms with Gasteiger partial charge in [0, 0.05) is 51.4 Å². The largest absolute Gasteiger partial charge is 0.314 e. The number of piperazine rings is 2. The molecule has 2 aliphatic heterocycles. The van der Waals surface area contributed by atoms with E-state index in [4.69, 9.17) is 0 Å². The van der Waals surface area contributed by atoms with Crippen LogP contribution in [0.5, 0.6) is 0 Å². The first-order valence-corrected chi connectivity index (χ1v) is 6.33. The van der Waals surface area contributed by atoms with Crippen LogP contribution in [0.25, 0.3) is 0 Å². The van der Waals surface area contributed by atoms with Crippen molar-refractivity contribution >= 4 is 0 Å². The van der Waals surface area contributed by atoms with Gasteiger partial charge >= 0.3 is 0 Å². The second-order valence-corrected chi connectivity index (χ2v) is 4.54. The van der Waals surface area contributed by atoms with Crippen LogP contribution in [-0.4, -0.2) is 57.5 Å². The monoisotopic (exact) mass is 226 g/mol. The van der Waals surface area contributed by atoms with Crippen LogP contribution in [0.3, 0.4) is 0 Å². The molecule has 2 saturated heterocycles. The minimum atomic E-state index is 0.379. The van der Waals surface area contributed by atoms with E-state index < -0.39 is 0 Å². The molecule has 2 aliphatic rings. The fraction of sp³-hybridized carbons (Fsp3) is 0.909. The predicted octanol–water partition coefficient (Wildman–Crippen LogP) is -1.75. The molecule has 0 aliphatic carbocycles. The Bertz CT molecular complexity index is 187. The maximum atomic E-state index is 4.05. The average Bonchev–Trinajstić information content (AvgIpc) is 2.38. The molecule has 16 heavy (non-hydrogen) atoms. The van der Waals surface area contributed by atoms with Crippen LogP contribution < -0.4 is 26.6 Å². The van der Waals surface area contributed by atoms with Crippen molar-refractivity contribution in [3.05, 3.63) is 6.92 Å². The maximum Gasteiger partial charge on any atom is 0.0703 e. The number of rotatable bonds is 4. The number of nitrogens with one attached hydrogen (secondary N) is 5. The lowest BCUT2D eigenvalue weighted by Gasteiger charge is -2.36. The van der Waals surface area contributed by atoms with E-state index in [1.165, 1.54) is 0 Å². The summed E-state index contributed by atoms with van der Waals surface area (Å²) in [7, 11) is 0. The van der Waals surface area contributed by atoms with Crippen molar-refractivity contribution in [2.75, 3.05) is 39.3 Å². The van der Waals surface area contributed by atoms with Crippen LogP contribution in [0.2, 0.25) is 0 Å². The van der Waals surface area contributed by atoms with Crippen molar-refractivity contribution in [3.63, 3.8) is 0 Å². The molecule has 0 aromatic rings. The molecule has 93 valence electrons. The smallest absolute Gasteiger partial charge is 0.0703 e. The Balaban J connectivity index is 1.78. The Hall–Kier alpha value is -0.200. The van der Waals surface area contributed by atoms with Gasteiger partial charge in [-0.05, 0) is 6.42 Å². The zero-order valence-electron chi connectivity index (χ0n) is 9.89. The van der Waals surface area contributed by atoms with E-state index in [2.05, 4.69) is 33.5 Å². The molecule has 5 nitrogen and oxygen atoms in total. The third-order valence-electron chi connectivity index (χ3n) is 3.33. The summed E-state index contributed by atoms with van der Waals surface area (Å²) in [6.45, 7) is 10.3. The van der Waals surface area contributed by atoms with Gasteiger partial charge in [0.05, 0.1) is 6.17 Å². The molecule has 0 spiro atoms. The molecule has 2 rings (SSSR count). The molecular weight excluding hydrogens is 202 g/mol. The van der Waals surface area contributed by atoms with Gasteiger partial charge in [-0.1, -0.05) is 6.92 Å². The third-order valence-corrected chi connectivity index (χ3v) is 3.33. The highest BCUT2D eigenvalue weighted by molar-refractivity contribution is 4.90. The first-order valence-electron chi connectivity index (χ1n) is 6.33. The Kier molecular flexibility index (Phi) is 4.99. The molecule has 3 atom stereocenters. The number of hydrogen-bond donors (Lipinski definition) is 5. The van der Waals surface area contributed by atoms with E-state index in [1.54, 1.807) is 0 Å². The summed E-state index contributed by atoms with van der Waals surface area (Å²) in [5, 5.41) is 17.5. The van der Waals surface area contributed by atoms with Crippen molar-refractivity contribution in [2.45, 2.75) is 24.7 Å². The molecular formula is C11H24N5. The third kappa shape index (κ3) is 3.40. The first-order chi connectivity index (χ1) is 7.90.